The summed E-state index contributed by atoms with van der Waals surface area (Å²) in [5.41, 5.74) is 6.05. The van der Waals surface area contributed by atoms with Gasteiger partial charge < -0.3 is 30.1 Å². The smallest absolute Gasteiger partial charge is 0.225 e. The van der Waals surface area contributed by atoms with E-state index in [-0.39, 0.29) is 30.6 Å². The molecule has 274 valence electrons. The fraction of sp³-hybridized carbons (Fsp3) is 0.415. The van der Waals surface area contributed by atoms with Crippen LogP contribution in [0.15, 0.2) is 91.3 Å². The zero-order chi connectivity index (χ0) is 36.1. The average Bonchev–Trinajstić information content (AvgIpc) is 3.19. The molecule has 11 nitrogen and oxygen atoms in total. The van der Waals surface area contributed by atoms with Gasteiger partial charge in [0.25, 0.3) is 0 Å². The zero-order valence-corrected chi connectivity index (χ0v) is 30.0. The average molecular weight is 707 g/mol. The predicted molar refractivity (Wildman–Crippen MR) is 200 cm³/mol. The van der Waals surface area contributed by atoms with Crippen molar-refractivity contribution in [3.63, 3.8) is 0 Å². The Bertz CT molecular complexity index is 1710. The molecule has 3 heterocycles. The van der Waals surface area contributed by atoms with Crippen molar-refractivity contribution in [1.29, 1.82) is 0 Å². The number of aliphatic hydroxyl groups is 1. The first kappa shape index (κ1) is 37.1. The molecule has 0 spiro atoms. The van der Waals surface area contributed by atoms with Crippen molar-refractivity contribution >= 4 is 17.8 Å². The van der Waals surface area contributed by atoms with Crippen molar-refractivity contribution in [1.82, 2.24) is 25.5 Å². The number of hydrogen-bond acceptors (Lipinski definition) is 9. The molecule has 3 N–H and O–H groups in total. The molecule has 3 atom stereocenters. The van der Waals surface area contributed by atoms with E-state index in [4.69, 9.17) is 9.47 Å². The Kier molecular flexibility index (Phi) is 13.3. The molecule has 3 unspecified atom stereocenters. The number of ether oxygens (including phenoxy) is 2. The lowest BCUT2D eigenvalue weighted by Gasteiger charge is -2.40. The Labute approximate surface area is 306 Å². The molecule has 2 saturated heterocycles. The summed E-state index contributed by atoms with van der Waals surface area (Å²) in [6.07, 6.45) is 6.57. The van der Waals surface area contributed by atoms with E-state index in [9.17, 15) is 14.7 Å². The monoisotopic (exact) mass is 706 g/mol. The number of carbonyl (C=O) groups excluding carboxylic acids is 2. The lowest BCUT2D eigenvalue weighted by molar-refractivity contribution is -0.253. The van der Waals surface area contributed by atoms with Crippen LogP contribution in [-0.2, 0) is 32.2 Å². The summed E-state index contributed by atoms with van der Waals surface area (Å²) >= 11 is 0. The summed E-state index contributed by atoms with van der Waals surface area (Å²) in [7, 11) is 0. The van der Waals surface area contributed by atoms with Crippen LogP contribution in [0.5, 0.6) is 0 Å². The third-order valence-corrected chi connectivity index (χ3v) is 9.73. The molecule has 3 aromatic carbocycles. The second kappa shape index (κ2) is 18.7. The number of carbonyl (C=O) groups is 2. The number of hydrogen-bond donors (Lipinski definition) is 3. The number of nitrogens with zero attached hydrogens (tertiary/aromatic N) is 4. The summed E-state index contributed by atoms with van der Waals surface area (Å²) in [6, 6.07) is 26.3. The van der Waals surface area contributed by atoms with Crippen LogP contribution < -0.4 is 15.5 Å². The van der Waals surface area contributed by atoms with Crippen LogP contribution in [0.3, 0.4) is 0 Å². The van der Waals surface area contributed by atoms with Gasteiger partial charge in [-0.15, -0.1) is 0 Å². The maximum absolute atomic E-state index is 12.6. The van der Waals surface area contributed by atoms with Crippen molar-refractivity contribution in [2.75, 3.05) is 44.2 Å². The third-order valence-electron chi connectivity index (χ3n) is 9.73. The van der Waals surface area contributed by atoms with Crippen molar-refractivity contribution < 1.29 is 24.2 Å². The molecule has 2 amide bonds. The summed E-state index contributed by atoms with van der Waals surface area (Å²) in [5.74, 6) is 0.773. The molecule has 2 fully saturated rings. The number of nitrogens with one attached hydrogen (secondary N) is 2. The number of piperazine rings is 1. The minimum absolute atomic E-state index is 0.00410. The third kappa shape index (κ3) is 10.4. The zero-order valence-electron chi connectivity index (χ0n) is 30.0. The fourth-order valence-electron chi connectivity index (χ4n) is 6.82. The molecule has 4 aromatic rings. The SMILES string of the molecule is CC(=O)NCCCCCC(=O)NCc1ccccc1-c1ccc(C2OC(CN3CCN(c4ncccn4)CC3)CC(c3ccc(CO)cc3)O2)cc1. The van der Waals surface area contributed by atoms with Crippen LogP contribution in [0.4, 0.5) is 5.95 Å². The van der Waals surface area contributed by atoms with E-state index in [1.54, 1.807) is 12.4 Å². The number of amides is 2. The quantitative estimate of drug-likeness (QED) is 0.141. The molecule has 6 rings (SSSR count). The molecule has 0 radical (unpaired) electrons. The van der Waals surface area contributed by atoms with Gasteiger partial charge in [0.15, 0.2) is 6.29 Å². The first-order chi connectivity index (χ1) is 25.4. The molecular formula is C41H50N6O5. The van der Waals surface area contributed by atoms with Gasteiger partial charge in [-0.2, -0.15) is 0 Å². The van der Waals surface area contributed by atoms with Crippen molar-refractivity contribution in [3.8, 4) is 11.1 Å². The highest BCUT2D eigenvalue weighted by Gasteiger charge is 2.34. The number of anilines is 1. The van der Waals surface area contributed by atoms with Gasteiger partial charge in [-0.05, 0) is 46.7 Å². The van der Waals surface area contributed by atoms with E-state index < -0.39 is 6.29 Å². The van der Waals surface area contributed by atoms with Crippen LogP contribution in [0, 0.1) is 0 Å². The lowest BCUT2D eigenvalue weighted by atomic mass is 9.97. The van der Waals surface area contributed by atoms with E-state index in [2.05, 4.69) is 60.7 Å². The van der Waals surface area contributed by atoms with Gasteiger partial charge in [-0.3, -0.25) is 14.5 Å². The maximum atomic E-state index is 12.6. The number of benzene rings is 3. The summed E-state index contributed by atoms with van der Waals surface area (Å²) in [5, 5.41) is 15.5. The van der Waals surface area contributed by atoms with E-state index in [0.717, 1.165) is 97.7 Å². The number of aromatic nitrogens is 2. The largest absolute Gasteiger partial charge is 0.392 e. The first-order valence-corrected chi connectivity index (χ1v) is 18.4. The molecule has 0 bridgehead atoms. The molecule has 2 aliphatic rings. The van der Waals surface area contributed by atoms with Crippen LogP contribution in [0.1, 0.15) is 73.7 Å². The number of unbranched alkanes of at least 4 members (excludes halogenated alkanes) is 2. The number of aliphatic hydroxyl groups excluding tert-OH is 1. The first-order valence-electron chi connectivity index (χ1n) is 18.4. The topological polar surface area (TPSA) is 129 Å². The summed E-state index contributed by atoms with van der Waals surface area (Å²) in [4.78, 5) is 37.1. The van der Waals surface area contributed by atoms with Gasteiger partial charge in [0.1, 0.15) is 0 Å². The Morgan fingerprint density at radius 1 is 0.827 bits per heavy atom. The van der Waals surface area contributed by atoms with Gasteiger partial charge >= 0.3 is 0 Å². The molecule has 52 heavy (non-hydrogen) atoms. The van der Waals surface area contributed by atoms with Crippen LogP contribution in [-0.4, -0.2) is 77.2 Å². The minimum atomic E-state index is -0.540. The molecular weight excluding hydrogens is 656 g/mol. The molecule has 2 aliphatic heterocycles. The van der Waals surface area contributed by atoms with E-state index >= 15 is 0 Å². The van der Waals surface area contributed by atoms with Crippen LogP contribution >= 0.6 is 0 Å². The van der Waals surface area contributed by atoms with Gasteiger partial charge in [0.05, 0.1) is 18.8 Å². The minimum Gasteiger partial charge on any atom is -0.392 e. The number of rotatable bonds is 15. The summed E-state index contributed by atoms with van der Waals surface area (Å²) < 4.78 is 13.3. The van der Waals surface area contributed by atoms with E-state index in [1.807, 2.05) is 48.5 Å². The fourth-order valence-corrected chi connectivity index (χ4v) is 6.82. The van der Waals surface area contributed by atoms with Gasteiger partial charge in [-0.1, -0.05) is 79.2 Å². The predicted octanol–water partition coefficient (Wildman–Crippen LogP) is 5.32. The van der Waals surface area contributed by atoms with Crippen LogP contribution in [0.25, 0.3) is 11.1 Å². The Morgan fingerprint density at radius 2 is 1.56 bits per heavy atom. The molecule has 0 aliphatic carbocycles. The van der Waals surface area contributed by atoms with Crippen molar-refractivity contribution in [2.24, 2.45) is 0 Å². The van der Waals surface area contributed by atoms with Gasteiger partial charge in [-0.25, -0.2) is 9.97 Å². The Morgan fingerprint density at radius 3 is 2.29 bits per heavy atom. The highest BCUT2D eigenvalue weighted by molar-refractivity contribution is 5.76. The Balaban J connectivity index is 1.09. The van der Waals surface area contributed by atoms with Crippen molar-refractivity contribution in [2.45, 2.75) is 70.7 Å². The van der Waals surface area contributed by atoms with Gasteiger partial charge in [0, 0.05) is 83.5 Å². The van der Waals surface area contributed by atoms with E-state index in [0.29, 0.717) is 19.5 Å². The maximum Gasteiger partial charge on any atom is 0.225 e. The second-order valence-corrected chi connectivity index (χ2v) is 13.5. The van der Waals surface area contributed by atoms with Crippen LogP contribution in [0.2, 0.25) is 0 Å². The van der Waals surface area contributed by atoms with Crippen molar-refractivity contribution in [3.05, 3.63) is 114 Å². The van der Waals surface area contributed by atoms with E-state index in [1.165, 1.54) is 6.92 Å². The molecule has 11 heteroatoms. The lowest BCUT2D eigenvalue weighted by Crippen LogP contribution is -2.50. The normalized spacial score (nSPS) is 19.3. The molecule has 0 saturated carbocycles. The Hall–Kier alpha value is -4.68. The summed E-state index contributed by atoms with van der Waals surface area (Å²) in [6.45, 7) is 6.91. The highest BCUT2D eigenvalue weighted by Crippen LogP contribution is 2.39. The second-order valence-electron chi connectivity index (χ2n) is 13.5. The molecule has 1 aromatic heterocycles. The standard InChI is InChI=1S/C41H50N6O5/c1-30(49)42-19-6-2-3-10-39(50)45-27-35-8-4-5-9-37(35)32-15-17-34(18-16-32)40-51-36(26-38(52-40)33-13-11-31(29-48)12-14-33)28-46-22-24-47(25-23-46)41-43-20-7-21-44-41/h4-5,7-9,11-18,20-21,36,38,40,48H,2-3,6,10,19,22-29H2,1H3,(H,42,49)(H,45,50). The van der Waals surface area contributed by atoms with Gasteiger partial charge in [0.2, 0.25) is 17.8 Å². The highest BCUT2D eigenvalue weighted by atomic mass is 16.7.